The molecule has 7 nitrogen and oxygen atoms in total. The van der Waals surface area contributed by atoms with Crippen LogP contribution in [0.5, 0.6) is 0 Å². The van der Waals surface area contributed by atoms with Crippen LogP contribution in [0.2, 0.25) is 5.02 Å². The summed E-state index contributed by atoms with van der Waals surface area (Å²) in [6, 6.07) is 13.6. The van der Waals surface area contributed by atoms with Crippen molar-refractivity contribution in [1.82, 2.24) is 9.88 Å². The molecule has 1 aromatic heterocycles. The Morgan fingerprint density at radius 2 is 1.76 bits per heavy atom. The lowest BCUT2D eigenvalue weighted by atomic mass is 10.1. The minimum Gasteiger partial charge on any atom is -0.419 e. The van der Waals surface area contributed by atoms with Crippen molar-refractivity contribution in [1.29, 1.82) is 0 Å². The van der Waals surface area contributed by atoms with Crippen LogP contribution in [0.4, 0.5) is 5.88 Å². The van der Waals surface area contributed by atoms with Gasteiger partial charge < -0.3 is 14.2 Å². The predicted octanol–water partition coefficient (Wildman–Crippen LogP) is 4.19. The summed E-state index contributed by atoms with van der Waals surface area (Å²) in [6.07, 6.45) is 1.93. The van der Waals surface area contributed by atoms with E-state index in [2.05, 4.69) is 4.98 Å². The van der Waals surface area contributed by atoms with Gasteiger partial charge in [-0.2, -0.15) is 4.98 Å². The molecule has 0 atom stereocenters. The Kier molecular flexibility index (Phi) is 5.66. The molecule has 2 aliphatic rings. The Morgan fingerprint density at radius 1 is 1.06 bits per heavy atom. The van der Waals surface area contributed by atoms with Crippen LogP contribution in [0, 0.1) is 12.8 Å². The molecule has 0 radical (unpaired) electrons. The van der Waals surface area contributed by atoms with Gasteiger partial charge in [0.1, 0.15) is 0 Å². The normalized spacial score (nSPS) is 16.8. The topological polar surface area (TPSA) is 83.7 Å². The molecule has 0 spiro atoms. The lowest BCUT2D eigenvalue weighted by Gasteiger charge is -2.34. The largest absolute Gasteiger partial charge is 0.419 e. The van der Waals surface area contributed by atoms with E-state index in [1.54, 1.807) is 0 Å². The van der Waals surface area contributed by atoms with E-state index in [0.717, 1.165) is 18.4 Å². The molecule has 0 N–H and O–H groups in total. The average Bonchev–Trinajstić information content (AvgIpc) is 3.56. The van der Waals surface area contributed by atoms with E-state index in [0.29, 0.717) is 36.8 Å². The molecule has 9 heteroatoms. The molecule has 2 heterocycles. The van der Waals surface area contributed by atoms with E-state index >= 15 is 0 Å². The fourth-order valence-corrected chi connectivity index (χ4v) is 5.47. The number of carbonyl (C=O) groups is 1. The molecule has 1 amide bonds. The maximum absolute atomic E-state index is 13.5. The van der Waals surface area contributed by atoms with Crippen molar-refractivity contribution >= 4 is 33.2 Å². The lowest BCUT2D eigenvalue weighted by molar-refractivity contribution is -0.132. The molecular formula is C24H24ClN3O4S. The third-order valence-electron chi connectivity index (χ3n) is 6.03. The Bertz CT molecular complexity index is 1290. The number of amides is 1. The van der Waals surface area contributed by atoms with Crippen molar-refractivity contribution in [3.8, 4) is 11.5 Å². The van der Waals surface area contributed by atoms with Crippen LogP contribution in [0.15, 0.2) is 62.9 Å². The van der Waals surface area contributed by atoms with Crippen molar-refractivity contribution in [3.63, 3.8) is 0 Å². The number of piperazine rings is 1. The van der Waals surface area contributed by atoms with E-state index in [-0.39, 0.29) is 33.5 Å². The number of rotatable bonds is 5. The summed E-state index contributed by atoms with van der Waals surface area (Å²) in [5.41, 5.74) is 1.72. The highest BCUT2D eigenvalue weighted by molar-refractivity contribution is 7.91. The first-order valence-corrected chi connectivity index (χ1v) is 12.8. The smallest absolute Gasteiger partial charge is 0.236 e. The third-order valence-corrected chi connectivity index (χ3v) is 7.95. The van der Waals surface area contributed by atoms with Gasteiger partial charge in [-0.3, -0.25) is 4.79 Å². The van der Waals surface area contributed by atoms with Gasteiger partial charge in [0.2, 0.25) is 32.5 Å². The quantitative estimate of drug-likeness (QED) is 0.538. The highest BCUT2D eigenvalue weighted by Crippen LogP contribution is 2.36. The van der Waals surface area contributed by atoms with Gasteiger partial charge in [-0.1, -0.05) is 29.3 Å². The van der Waals surface area contributed by atoms with E-state index in [4.69, 9.17) is 16.0 Å². The molecule has 0 bridgehead atoms. The van der Waals surface area contributed by atoms with Crippen molar-refractivity contribution in [2.75, 3.05) is 31.1 Å². The van der Waals surface area contributed by atoms with Gasteiger partial charge in [0.05, 0.1) is 4.90 Å². The van der Waals surface area contributed by atoms with Crippen LogP contribution in [0.25, 0.3) is 11.5 Å². The first-order valence-electron chi connectivity index (χ1n) is 11.0. The zero-order valence-corrected chi connectivity index (χ0v) is 19.8. The van der Waals surface area contributed by atoms with Crippen LogP contribution >= 0.6 is 11.6 Å². The molecule has 3 aromatic rings. The second-order valence-corrected chi connectivity index (χ2v) is 10.8. The number of carbonyl (C=O) groups excluding carboxylic acids is 1. The standard InChI is InChI=1S/C24H24ClN3O4S/c1-16-3-2-4-18(15-16)21-26-22(33(30,31)20-9-7-19(25)8-10-20)24(32-21)28-13-11-27(12-14-28)23(29)17-5-6-17/h2-4,7-10,15,17H,5-6,11-14H2,1H3. The molecular weight excluding hydrogens is 462 g/mol. The zero-order chi connectivity index (χ0) is 23.2. The molecule has 172 valence electrons. The molecule has 2 fully saturated rings. The van der Waals surface area contributed by atoms with Gasteiger partial charge in [-0.25, -0.2) is 8.42 Å². The van der Waals surface area contributed by atoms with Gasteiger partial charge in [0, 0.05) is 42.7 Å². The minimum absolute atomic E-state index is 0.0970. The summed E-state index contributed by atoms with van der Waals surface area (Å²) in [7, 11) is -3.95. The molecule has 1 aliphatic heterocycles. The molecule has 1 saturated heterocycles. The van der Waals surface area contributed by atoms with Crippen molar-refractivity contribution in [2.45, 2.75) is 29.7 Å². The summed E-state index contributed by atoms with van der Waals surface area (Å²) < 4.78 is 33.2. The number of nitrogens with zero attached hydrogens (tertiary/aromatic N) is 3. The Balaban J connectivity index is 1.52. The second kappa shape index (κ2) is 8.50. The zero-order valence-electron chi connectivity index (χ0n) is 18.2. The Morgan fingerprint density at radius 3 is 2.39 bits per heavy atom. The van der Waals surface area contributed by atoms with Gasteiger partial charge in [0.15, 0.2) is 0 Å². The van der Waals surface area contributed by atoms with Gasteiger partial charge in [-0.15, -0.1) is 0 Å². The van der Waals surface area contributed by atoms with Crippen LogP contribution in [-0.4, -0.2) is 50.4 Å². The van der Waals surface area contributed by atoms with Crippen LogP contribution < -0.4 is 4.90 Å². The van der Waals surface area contributed by atoms with Gasteiger partial charge in [0.25, 0.3) is 0 Å². The van der Waals surface area contributed by atoms with Crippen LogP contribution in [0.3, 0.4) is 0 Å². The number of benzene rings is 2. The maximum atomic E-state index is 13.5. The number of hydrogen-bond donors (Lipinski definition) is 0. The number of oxazole rings is 1. The molecule has 1 aliphatic carbocycles. The second-order valence-electron chi connectivity index (χ2n) is 8.54. The van der Waals surface area contributed by atoms with Gasteiger partial charge in [-0.05, 0) is 56.2 Å². The number of aryl methyl sites for hydroxylation is 1. The summed E-state index contributed by atoms with van der Waals surface area (Å²) in [6.45, 7) is 3.95. The van der Waals surface area contributed by atoms with E-state index in [1.165, 1.54) is 24.3 Å². The number of aromatic nitrogens is 1. The highest BCUT2D eigenvalue weighted by atomic mass is 35.5. The first-order chi connectivity index (χ1) is 15.8. The monoisotopic (exact) mass is 485 g/mol. The summed E-state index contributed by atoms with van der Waals surface area (Å²) in [5.74, 6) is 0.815. The maximum Gasteiger partial charge on any atom is 0.236 e. The summed E-state index contributed by atoms with van der Waals surface area (Å²) in [4.78, 5) is 20.7. The minimum atomic E-state index is -3.95. The van der Waals surface area contributed by atoms with Crippen molar-refractivity contribution < 1.29 is 17.6 Å². The Labute approximate surface area is 197 Å². The number of anilines is 1. The number of hydrogen-bond acceptors (Lipinski definition) is 6. The highest BCUT2D eigenvalue weighted by Gasteiger charge is 2.37. The predicted molar refractivity (Wildman–Crippen MR) is 125 cm³/mol. The average molecular weight is 486 g/mol. The molecule has 1 saturated carbocycles. The summed E-state index contributed by atoms with van der Waals surface area (Å²) in [5, 5.41) is 0.328. The van der Waals surface area contributed by atoms with E-state index < -0.39 is 9.84 Å². The van der Waals surface area contributed by atoms with Crippen molar-refractivity contribution in [2.24, 2.45) is 5.92 Å². The SMILES string of the molecule is Cc1cccc(-c2nc(S(=O)(=O)c3ccc(Cl)cc3)c(N3CCN(C(=O)C4CC4)CC3)o2)c1. The third kappa shape index (κ3) is 4.37. The summed E-state index contributed by atoms with van der Waals surface area (Å²) >= 11 is 5.96. The Hall–Kier alpha value is -2.84. The van der Waals surface area contributed by atoms with E-state index in [1.807, 2.05) is 41.0 Å². The molecule has 5 rings (SSSR count). The number of sulfone groups is 1. The fourth-order valence-electron chi connectivity index (χ4n) is 4.02. The van der Waals surface area contributed by atoms with E-state index in [9.17, 15) is 13.2 Å². The number of halogens is 1. The fraction of sp³-hybridized carbons (Fsp3) is 0.333. The van der Waals surface area contributed by atoms with Crippen LogP contribution in [-0.2, 0) is 14.6 Å². The van der Waals surface area contributed by atoms with Crippen LogP contribution in [0.1, 0.15) is 18.4 Å². The molecule has 33 heavy (non-hydrogen) atoms. The van der Waals surface area contributed by atoms with Gasteiger partial charge >= 0.3 is 0 Å². The van der Waals surface area contributed by atoms with Crippen molar-refractivity contribution in [3.05, 3.63) is 59.1 Å². The lowest BCUT2D eigenvalue weighted by Crippen LogP contribution is -2.49. The molecule has 0 unspecified atom stereocenters. The molecule has 2 aromatic carbocycles. The first kappa shape index (κ1) is 22.0.